The van der Waals surface area contributed by atoms with Gasteiger partial charge < -0.3 is 20.9 Å². The minimum Gasteiger partial charge on any atom is -0.354 e. The Morgan fingerprint density at radius 3 is 2.45 bits per heavy atom. The van der Waals surface area contributed by atoms with Crippen molar-refractivity contribution >= 4 is 47.3 Å². The van der Waals surface area contributed by atoms with E-state index in [0.717, 1.165) is 42.9 Å². The van der Waals surface area contributed by atoms with Crippen molar-refractivity contribution in [3.63, 3.8) is 0 Å². The highest BCUT2D eigenvalue weighted by atomic mass is 35.5. The average molecular weight is 462 g/mol. The fraction of sp³-hybridized carbons (Fsp3) is 0.304. The van der Waals surface area contributed by atoms with E-state index < -0.39 is 0 Å². The third kappa shape index (κ3) is 5.86. The van der Waals surface area contributed by atoms with Crippen LogP contribution < -0.4 is 16.0 Å². The molecule has 3 aromatic rings. The SMILES string of the molecule is CN1CCN(c2cc(C(=O)NC(CN)c3ccc4ccccc4c3)ccn2)CC1.Cl.Cl. The van der Waals surface area contributed by atoms with Crippen LogP contribution >= 0.6 is 24.8 Å². The molecule has 0 radical (unpaired) electrons. The molecule has 1 saturated heterocycles. The first-order valence-electron chi connectivity index (χ1n) is 10.0. The van der Waals surface area contributed by atoms with E-state index in [1.165, 1.54) is 5.39 Å². The number of nitrogens with zero attached hydrogens (tertiary/aromatic N) is 3. The number of piperazine rings is 1. The van der Waals surface area contributed by atoms with Crippen LogP contribution in [0.2, 0.25) is 0 Å². The number of carbonyl (C=O) groups is 1. The molecule has 166 valence electrons. The zero-order valence-corrected chi connectivity index (χ0v) is 19.2. The minimum atomic E-state index is -0.243. The molecule has 8 heteroatoms. The number of pyridine rings is 1. The van der Waals surface area contributed by atoms with Gasteiger partial charge in [-0.3, -0.25) is 4.79 Å². The Kier molecular flexibility index (Phi) is 9.07. The van der Waals surface area contributed by atoms with E-state index >= 15 is 0 Å². The fourth-order valence-corrected chi connectivity index (χ4v) is 3.71. The van der Waals surface area contributed by atoms with E-state index in [4.69, 9.17) is 5.73 Å². The Bertz CT molecular complexity index is 1010. The Hall–Kier alpha value is -2.38. The van der Waals surface area contributed by atoms with Gasteiger partial charge in [0.05, 0.1) is 6.04 Å². The molecule has 2 aromatic carbocycles. The summed E-state index contributed by atoms with van der Waals surface area (Å²) in [7, 11) is 2.12. The molecule has 0 aliphatic carbocycles. The first-order chi connectivity index (χ1) is 14.1. The molecule has 6 nitrogen and oxygen atoms in total. The standard InChI is InChI=1S/C23H27N5O.2ClH/c1-27-10-12-28(13-11-27)22-15-20(8-9-25-22)23(29)26-21(16-24)19-7-6-17-4-2-3-5-18(17)14-19;;/h2-9,14-15,21H,10-13,16,24H2,1H3,(H,26,29);2*1H. The van der Waals surface area contributed by atoms with Crippen LogP contribution in [0.25, 0.3) is 10.8 Å². The molecule has 1 amide bonds. The summed E-state index contributed by atoms with van der Waals surface area (Å²) in [5.74, 6) is 0.715. The molecule has 1 aliphatic rings. The maximum Gasteiger partial charge on any atom is 0.251 e. The summed E-state index contributed by atoms with van der Waals surface area (Å²) >= 11 is 0. The monoisotopic (exact) mass is 461 g/mol. The molecule has 0 saturated carbocycles. The summed E-state index contributed by atoms with van der Waals surface area (Å²) in [5.41, 5.74) is 7.61. The van der Waals surface area contributed by atoms with Gasteiger partial charge in [0.1, 0.15) is 5.82 Å². The van der Waals surface area contributed by atoms with Crippen molar-refractivity contribution in [2.24, 2.45) is 5.73 Å². The molecule has 1 atom stereocenters. The number of hydrogen-bond donors (Lipinski definition) is 2. The number of carbonyl (C=O) groups excluding carboxylic acids is 1. The summed E-state index contributed by atoms with van der Waals surface area (Å²) in [6, 6.07) is 17.7. The lowest BCUT2D eigenvalue weighted by Crippen LogP contribution is -2.44. The van der Waals surface area contributed by atoms with Gasteiger partial charge in [0.25, 0.3) is 5.91 Å². The van der Waals surface area contributed by atoms with Gasteiger partial charge >= 0.3 is 0 Å². The third-order valence-corrected chi connectivity index (χ3v) is 5.55. The maximum atomic E-state index is 12.9. The second-order valence-electron chi connectivity index (χ2n) is 7.56. The quantitative estimate of drug-likeness (QED) is 0.609. The van der Waals surface area contributed by atoms with Crippen molar-refractivity contribution in [3.8, 4) is 0 Å². The molecule has 2 heterocycles. The number of halogens is 2. The molecule has 4 rings (SSSR count). The number of nitrogens with two attached hydrogens (primary N) is 1. The maximum absolute atomic E-state index is 12.9. The molecule has 0 bridgehead atoms. The van der Waals surface area contributed by atoms with Crippen molar-refractivity contribution in [1.29, 1.82) is 0 Å². The van der Waals surface area contributed by atoms with E-state index in [-0.39, 0.29) is 36.8 Å². The Balaban J connectivity index is 0.00000171. The largest absolute Gasteiger partial charge is 0.354 e. The molecule has 31 heavy (non-hydrogen) atoms. The first-order valence-corrected chi connectivity index (χ1v) is 10.0. The smallest absolute Gasteiger partial charge is 0.251 e. The van der Waals surface area contributed by atoms with Crippen molar-refractivity contribution in [1.82, 2.24) is 15.2 Å². The second kappa shape index (κ2) is 11.3. The van der Waals surface area contributed by atoms with E-state index in [1.807, 2.05) is 24.3 Å². The molecule has 1 unspecified atom stereocenters. The van der Waals surface area contributed by atoms with Gasteiger partial charge in [-0.25, -0.2) is 4.98 Å². The van der Waals surface area contributed by atoms with Crippen molar-refractivity contribution in [2.45, 2.75) is 6.04 Å². The number of anilines is 1. The van der Waals surface area contributed by atoms with Crippen LogP contribution in [0, 0.1) is 0 Å². The van der Waals surface area contributed by atoms with Gasteiger partial charge in [-0.2, -0.15) is 0 Å². The van der Waals surface area contributed by atoms with Crippen molar-refractivity contribution in [2.75, 3.05) is 44.7 Å². The summed E-state index contributed by atoms with van der Waals surface area (Å²) in [6.07, 6.45) is 1.70. The predicted octanol–water partition coefficient (Wildman–Crippen LogP) is 3.26. The predicted molar refractivity (Wildman–Crippen MR) is 132 cm³/mol. The van der Waals surface area contributed by atoms with Gasteiger partial charge in [0.2, 0.25) is 0 Å². The van der Waals surface area contributed by atoms with E-state index in [1.54, 1.807) is 12.3 Å². The van der Waals surface area contributed by atoms with Crippen LogP contribution in [0.3, 0.4) is 0 Å². The highest BCUT2D eigenvalue weighted by Gasteiger charge is 2.18. The first kappa shape index (κ1) is 24.9. The van der Waals surface area contributed by atoms with Crippen LogP contribution in [0.1, 0.15) is 22.0 Å². The number of amides is 1. The molecule has 1 fully saturated rings. The molecular formula is C23H29Cl2N5O. The normalized spacial score (nSPS) is 15.0. The number of nitrogens with one attached hydrogen (secondary N) is 1. The van der Waals surface area contributed by atoms with E-state index in [9.17, 15) is 4.79 Å². The number of likely N-dealkylation sites (N-methyl/N-ethyl adjacent to an activating group) is 1. The number of hydrogen-bond acceptors (Lipinski definition) is 5. The third-order valence-electron chi connectivity index (χ3n) is 5.55. The zero-order chi connectivity index (χ0) is 20.2. The molecule has 1 aromatic heterocycles. The Morgan fingerprint density at radius 1 is 1.03 bits per heavy atom. The van der Waals surface area contributed by atoms with Gasteiger partial charge in [-0.15, -0.1) is 24.8 Å². The van der Waals surface area contributed by atoms with Gasteiger partial charge in [-0.1, -0.05) is 36.4 Å². The lowest BCUT2D eigenvalue weighted by Gasteiger charge is -2.33. The highest BCUT2D eigenvalue weighted by Crippen LogP contribution is 2.21. The zero-order valence-electron chi connectivity index (χ0n) is 17.5. The minimum absolute atomic E-state index is 0. The van der Waals surface area contributed by atoms with Crippen LogP contribution in [0.4, 0.5) is 5.82 Å². The van der Waals surface area contributed by atoms with Crippen LogP contribution in [0.5, 0.6) is 0 Å². The van der Waals surface area contributed by atoms with Gasteiger partial charge in [0, 0.05) is 44.5 Å². The van der Waals surface area contributed by atoms with E-state index in [2.05, 4.69) is 51.4 Å². The van der Waals surface area contributed by atoms with Crippen molar-refractivity contribution in [3.05, 3.63) is 71.9 Å². The highest BCUT2D eigenvalue weighted by molar-refractivity contribution is 5.95. The van der Waals surface area contributed by atoms with Gasteiger partial charge in [0.15, 0.2) is 0 Å². The Morgan fingerprint density at radius 2 is 1.74 bits per heavy atom. The lowest BCUT2D eigenvalue weighted by molar-refractivity contribution is 0.0937. The van der Waals surface area contributed by atoms with Crippen LogP contribution in [-0.2, 0) is 0 Å². The molecule has 0 spiro atoms. The fourth-order valence-electron chi connectivity index (χ4n) is 3.71. The lowest BCUT2D eigenvalue weighted by atomic mass is 10.0. The number of rotatable bonds is 5. The second-order valence-corrected chi connectivity index (χ2v) is 7.56. The van der Waals surface area contributed by atoms with Crippen LogP contribution in [0.15, 0.2) is 60.8 Å². The van der Waals surface area contributed by atoms with Crippen molar-refractivity contribution < 1.29 is 4.79 Å². The number of fused-ring (bicyclic) bond motifs is 1. The number of benzene rings is 2. The van der Waals surface area contributed by atoms with Crippen LogP contribution in [-0.4, -0.2) is 55.6 Å². The molecule has 3 N–H and O–H groups in total. The molecular weight excluding hydrogens is 433 g/mol. The molecule has 1 aliphatic heterocycles. The number of aromatic nitrogens is 1. The summed E-state index contributed by atoms with van der Waals surface area (Å²) < 4.78 is 0. The summed E-state index contributed by atoms with van der Waals surface area (Å²) in [6.45, 7) is 4.15. The van der Waals surface area contributed by atoms with Gasteiger partial charge in [-0.05, 0) is 41.6 Å². The topological polar surface area (TPSA) is 74.5 Å². The average Bonchev–Trinajstić information content (AvgIpc) is 2.77. The Labute approximate surface area is 195 Å². The summed E-state index contributed by atoms with van der Waals surface area (Å²) in [5, 5.41) is 5.39. The van der Waals surface area contributed by atoms with E-state index in [0.29, 0.717) is 12.1 Å². The summed E-state index contributed by atoms with van der Waals surface area (Å²) in [4.78, 5) is 21.9.